The van der Waals surface area contributed by atoms with Crippen molar-refractivity contribution in [2.45, 2.75) is 19.8 Å². The molecule has 2 aromatic carbocycles. The van der Waals surface area contributed by atoms with Crippen LogP contribution in [0, 0.1) is 0 Å². The number of rotatable bonds is 8. The van der Waals surface area contributed by atoms with Crippen LogP contribution >= 0.6 is 0 Å². The van der Waals surface area contributed by atoms with Crippen LogP contribution in [-0.2, 0) is 0 Å². The molecule has 6 heteroatoms. The highest BCUT2D eigenvalue weighted by atomic mass is 16.5. The Labute approximate surface area is 147 Å². The van der Waals surface area contributed by atoms with Gasteiger partial charge in [0.15, 0.2) is 11.5 Å². The Balaban J connectivity index is 1.99. The number of hydrogen-bond acceptors (Lipinski definition) is 5. The van der Waals surface area contributed by atoms with Gasteiger partial charge in [0.05, 0.1) is 19.9 Å². The van der Waals surface area contributed by atoms with Gasteiger partial charge in [-0.05, 0) is 48.4 Å². The van der Waals surface area contributed by atoms with Crippen molar-refractivity contribution in [2.24, 2.45) is 5.10 Å². The van der Waals surface area contributed by atoms with E-state index in [4.69, 9.17) is 9.47 Å². The molecular formula is C19H22N2O4. The van der Waals surface area contributed by atoms with Gasteiger partial charge in [-0.3, -0.25) is 4.79 Å². The normalized spacial score (nSPS) is 10.6. The molecule has 2 rings (SSSR count). The molecule has 0 spiro atoms. The summed E-state index contributed by atoms with van der Waals surface area (Å²) in [7, 11) is 1.58. The summed E-state index contributed by atoms with van der Waals surface area (Å²) in [5.74, 6) is 0.912. The number of unbranched alkanes of at least 4 members (excludes halogenated alkanes) is 1. The lowest BCUT2D eigenvalue weighted by Gasteiger charge is -2.10. The molecule has 1 amide bonds. The third kappa shape index (κ3) is 5.53. The predicted molar refractivity (Wildman–Crippen MR) is 96.6 cm³/mol. The number of hydrazone groups is 1. The Kier molecular flexibility index (Phi) is 6.83. The number of methoxy groups -OCH3 is 1. The first-order valence-corrected chi connectivity index (χ1v) is 8.07. The molecule has 25 heavy (non-hydrogen) atoms. The van der Waals surface area contributed by atoms with Gasteiger partial charge in [-0.25, -0.2) is 5.43 Å². The van der Waals surface area contributed by atoms with E-state index in [1.165, 1.54) is 18.3 Å². The summed E-state index contributed by atoms with van der Waals surface area (Å²) in [5.41, 5.74) is 3.50. The molecule has 2 N–H and O–H groups in total. The van der Waals surface area contributed by atoms with Crippen LogP contribution in [0.15, 0.2) is 47.6 Å². The van der Waals surface area contributed by atoms with Gasteiger partial charge < -0.3 is 14.6 Å². The van der Waals surface area contributed by atoms with E-state index in [1.807, 2.05) is 12.1 Å². The summed E-state index contributed by atoms with van der Waals surface area (Å²) in [6.45, 7) is 2.74. The van der Waals surface area contributed by atoms with Crippen molar-refractivity contribution in [2.75, 3.05) is 13.7 Å². The number of ether oxygens (including phenoxy) is 2. The van der Waals surface area contributed by atoms with Gasteiger partial charge in [-0.15, -0.1) is 0 Å². The first kappa shape index (κ1) is 18.3. The smallest absolute Gasteiger partial charge is 0.271 e. The summed E-state index contributed by atoms with van der Waals surface area (Å²) in [6, 6.07) is 11.5. The zero-order valence-corrected chi connectivity index (χ0v) is 14.4. The molecule has 132 valence electrons. The highest BCUT2D eigenvalue weighted by molar-refractivity contribution is 5.95. The molecule has 0 aliphatic rings. The molecule has 0 aliphatic heterocycles. The number of amides is 1. The average molecular weight is 342 g/mol. The van der Waals surface area contributed by atoms with Gasteiger partial charge in [0.25, 0.3) is 5.91 Å². The minimum absolute atomic E-state index is 0.0278. The number of carbonyl (C=O) groups excluding carboxylic acids is 1. The highest BCUT2D eigenvalue weighted by Gasteiger charge is 2.06. The van der Waals surface area contributed by atoms with Crippen molar-refractivity contribution in [3.63, 3.8) is 0 Å². The van der Waals surface area contributed by atoms with E-state index >= 15 is 0 Å². The van der Waals surface area contributed by atoms with E-state index < -0.39 is 5.91 Å². The van der Waals surface area contributed by atoms with Crippen molar-refractivity contribution < 1.29 is 19.4 Å². The molecule has 0 aromatic heterocycles. The predicted octanol–water partition coefficient (Wildman–Crippen LogP) is 3.34. The van der Waals surface area contributed by atoms with E-state index in [2.05, 4.69) is 17.5 Å². The van der Waals surface area contributed by atoms with Crippen LogP contribution in [0.2, 0.25) is 0 Å². The Bertz CT molecular complexity index is 744. The highest BCUT2D eigenvalue weighted by Crippen LogP contribution is 2.27. The van der Waals surface area contributed by atoms with Crippen LogP contribution in [0.1, 0.15) is 35.7 Å². The fourth-order valence-corrected chi connectivity index (χ4v) is 2.09. The van der Waals surface area contributed by atoms with Gasteiger partial charge in [0.1, 0.15) is 5.75 Å². The number of aromatic hydroxyl groups is 1. The SMILES string of the molecule is CCCCOc1ccc(/C=N\NC(=O)c2cccc(O)c2)cc1OC. The van der Waals surface area contributed by atoms with Crippen LogP contribution < -0.4 is 14.9 Å². The number of phenols is 1. The minimum Gasteiger partial charge on any atom is -0.508 e. The second-order valence-electron chi connectivity index (χ2n) is 5.36. The lowest BCUT2D eigenvalue weighted by atomic mass is 10.2. The molecular weight excluding hydrogens is 320 g/mol. The second-order valence-corrected chi connectivity index (χ2v) is 5.36. The Hall–Kier alpha value is -3.02. The molecule has 0 heterocycles. The average Bonchev–Trinajstić information content (AvgIpc) is 2.62. The van der Waals surface area contributed by atoms with Crippen LogP contribution in [0.25, 0.3) is 0 Å². The Morgan fingerprint density at radius 1 is 1.24 bits per heavy atom. The van der Waals surface area contributed by atoms with Crippen molar-refractivity contribution >= 4 is 12.1 Å². The van der Waals surface area contributed by atoms with E-state index in [-0.39, 0.29) is 5.75 Å². The number of phenolic OH excluding ortho intramolecular Hbond substituents is 1. The number of nitrogens with one attached hydrogen (secondary N) is 1. The second kappa shape index (κ2) is 9.32. The molecule has 6 nitrogen and oxygen atoms in total. The Morgan fingerprint density at radius 2 is 2.08 bits per heavy atom. The van der Waals surface area contributed by atoms with Crippen molar-refractivity contribution in [1.29, 1.82) is 0 Å². The van der Waals surface area contributed by atoms with Crippen molar-refractivity contribution in [3.05, 3.63) is 53.6 Å². The van der Waals surface area contributed by atoms with Gasteiger partial charge in [0, 0.05) is 5.56 Å². The fourth-order valence-electron chi connectivity index (χ4n) is 2.09. The van der Waals surface area contributed by atoms with Gasteiger partial charge in [0.2, 0.25) is 0 Å². The molecule has 0 radical (unpaired) electrons. The van der Waals surface area contributed by atoms with E-state index in [1.54, 1.807) is 25.3 Å². The fraction of sp³-hybridized carbons (Fsp3) is 0.263. The number of hydrogen-bond donors (Lipinski definition) is 2. The third-order valence-corrected chi connectivity index (χ3v) is 3.43. The van der Waals surface area contributed by atoms with E-state index in [0.717, 1.165) is 18.4 Å². The molecule has 0 saturated heterocycles. The number of benzene rings is 2. The lowest BCUT2D eigenvalue weighted by Crippen LogP contribution is -2.17. The largest absolute Gasteiger partial charge is 0.508 e. The number of carbonyl (C=O) groups is 1. The summed E-state index contributed by atoms with van der Waals surface area (Å²) in [5, 5.41) is 13.3. The topological polar surface area (TPSA) is 80.2 Å². The van der Waals surface area contributed by atoms with Crippen LogP contribution in [0.4, 0.5) is 0 Å². The monoisotopic (exact) mass is 342 g/mol. The maximum Gasteiger partial charge on any atom is 0.271 e. The molecule has 0 fully saturated rings. The third-order valence-electron chi connectivity index (χ3n) is 3.43. The minimum atomic E-state index is -0.404. The van der Waals surface area contributed by atoms with Gasteiger partial charge in [-0.1, -0.05) is 19.4 Å². The lowest BCUT2D eigenvalue weighted by molar-refractivity contribution is 0.0954. The summed E-state index contributed by atoms with van der Waals surface area (Å²) >= 11 is 0. The van der Waals surface area contributed by atoms with Crippen molar-refractivity contribution in [3.8, 4) is 17.2 Å². The van der Waals surface area contributed by atoms with Crippen LogP contribution in [-0.4, -0.2) is 30.9 Å². The first-order valence-electron chi connectivity index (χ1n) is 8.07. The van der Waals surface area contributed by atoms with E-state index in [9.17, 15) is 9.90 Å². The van der Waals surface area contributed by atoms with Crippen LogP contribution in [0.3, 0.4) is 0 Å². The standard InChI is InChI=1S/C19H22N2O4/c1-3-4-10-25-17-9-8-14(11-18(17)24-2)13-20-21-19(23)15-6-5-7-16(22)12-15/h5-9,11-13,22H,3-4,10H2,1-2H3,(H,21,23)/b20-13-. The maximum absolute atomic E-state index is 11.9. The first-order chi connectivity index (χ1) is 12.1. The molecule has 0 unspecified atom stereocenters. The Morgan fingerprint density at radius 3 is 2.80 bits per heavy atom. The van der Waals surface area contributed by atoms with Crippen molar-refractivity contribution in [1.82, 2.24) is 5.43 Å². The maximum atomic E-state index is 11.9. The quantitative estimate of drug-likeness (QED) is 0.438. The van der Waals surface area contributed by atoms with Gasteiger partial charge in [-0.2, -0.15) is 5.10 Å². The molecule has 0 aliphatic carbocycles. The van der Waals surface area contributed by atoms with E-state index in [0.29, 0.717) is 23.7 Å². The molecule has 0 saturated carbocycles. The number of nitrogens with zero attached hydrogens (tertiary/aromatic N) is 1. The molecule has 2 aromatic rings. The van der Waals surface area contributed by atoms with Crippen LogP contribution in [0.5, 0.6) is 17.2 Å². The summed E-state index contributed by atoms with van der Waals surface area (Å²) in [6.07, 6.45) is 3.55. The zero-order chi connectivity index (χ0) is 18.1. The van der Waals surface area contributed by atoms with Gasteiger partial charge >= 0.3 is 0 Å². The zero-order valence-electron chi connectivity index (χ0n) is 14.4. The summed E-state index contributed by atoms with van der Waals surface area (Å²) in [4.78, 5) is 11.9. The summed E-state index contributed by atoms with van der Waals surface area (Å²) < 4.78 is 11.0. The molecule has 0 bridgehead atoms. The molecule has 0 atom stereocenters.